The molecule has 0 saturated carbocycles. The highest BCUT2D eigenvalue weighted by atomic mass is 32.2. The average Bonchev–Trinajstić information content (AvgIpc) is 2.01. The highest BCUT2D eigenvalue weighted by Crippen LogP contribution is 2.13. The van der Waals surface area contributed by atoms with Gasteiger partial charge in [0.1, 0.15) is 11.6 Å². The van der Waals surface area contributed by atoms with Crippen molar-refractivity contribution in [2.45, 2.75) is 6.61 Å². The van der Waals surface area contributed by atoms with Crippen LogP contribution in [0.2, 0.25) is 0 Å². The quantitative estimate of drug-likeness (QED) is 0.819. The molecule has 0 radical (unpaired) electrons. The molecule has 1 aromatic carbocycles. The summed E-state index contributed by atoms with van der Waals surface area (Å²) < 4.78 is 50.5. The van der Waals surface area contributed by atoms with E-state index in [4.69, 9.17) is 0 Å². The van der Waals surface area contributed by atoms with Crippen LogP contribution in [0.15, 0.2) is 18.2 Å². The Bertz CT molecular complexity index is 412. The van der Waals surface area contributed by atoms with E-state index in [1.54, 1.807) is 0 Å². The largest absolute Gasteiger partial charge is 0.333 e. The first-order valence-electron chi connectivity index (χ1n) is 3.50. The summed E-state index contributed by atoms with van der Waals surface area (Å²) in [6, 6.07) is 3.14. The van der Waals surface area contributed by atoms with Crippen LogP contribution in [-0.2, 0) is 21.1 Å². The van der Waals surface area contributed by atoms with Crippen LogP contribution in [0.1, 0.15) is 5.56 Å². The second-order valence-electron chi connectivity index (χ2n) is 2.46. The summed E-state index contributed by atoms with van der Waals surface area (Å²) in [6.07, 6.45) is 0. The molecule has 14 heavy (non-hydrogen) atoms. The number of halogens is 2. The standard InChI is InChI=1S/C7H7F2NO3S/c8-6-2-1-3-7(9)5(6)4-13-14(10,11)12/h1-3H,4H2,(H2,10,11,12). The third kappa shape index (κ3) is 3.02. The summed E-state index contributed by atoms with van der Waals surface area (Å²) in [7, 11) is -4.19. The van der Waals surface area contributed by atoms with E-state index in [1.807, 2.05) is 0 Å². The van der Waals surface area contributed by atoms with E-state index < -0.39 is 34.1 Å². The van der Waals surface area contributed by atoms with Gasteiger partial charge in [-0.05, 0) is 12.1 Å². The molecule has 0 aliphatic rings. The Kier molecular flexibility index (Phi) is 3.14. The van der Waals surface area contributed by atoms with Crippen LogP contribution in [0.3, 0.4) is 0 Å². The van der Waals surface area contributed by atoms with Crippen molar-refractivity contribution < 1.29 is 21.4 Å². The van der Waals surface area contributed by atoms with Gasteiger partial charge in [0.05, 0.1) is 12.2 Å². The maximum Gasteiger partial charge on any atom is 0.333 e. The van der Waals surface area contributed by atoms with Crippen molar-refractivity contribution in [3.8, 4) is 0 Å². The van der Waals surface area contributed by atoms with Crippen molar-refractivity contribution in [1.29, 1.82) is 0 Å². The Hall–Kier alpha value is -1.05. The van der Waals surface area contributed by atoms with Gasteiger partial charge >= 0.3 is 10.3 Å². The fourth-order valence-corrected chi connectivity index (χ4v) is 1.09. The first-order chi connectivity index (χ1) is 6.40. The Balaban J connectivity index is 2.87. The highest BCUT2D eigenvalue weighted by molar-refractivity contribution is 7.84. The predicted octanol–water partition coefficient (Wildman–Crippen LogP) is 0.685. The second kappa shape index (κ2) is 3.99. The number of hydrogen-bond acceptors (Lipinski definition) is 3. The second-order valence-corrected chi connectivity index (χ2v) is 3.68. The van der Waals surface area contributed by atoms with E-state index in [1.165, 1.54) is 0 Å². The normalized spacial score (nSPS) is 11.6. The molecule has 0 aliphatic carbocycles. The van der Waals surface area contributed by atoms with Crippen molar-refractivity contribution in [2.24, 2.45) is 5.14 Å². The monoisotopic (exact) mass is 223 g/mol. The Morgan fingerprint density at radius 1 is 1.29 bits per heavy atom. The molecule has 0 heterocycles. The van der Waals surface area contributed by atoms with Crippen LogP contribution in [0.4, 0.5) is 8.78 Å². The highest BCUT2D eigenvalue weighted by Gasteiger charge is 2.11. The summed E-state index contributed by atoms with van der Waals surface area (Å²) in [5.74, 6) is -1.76. The molecule has 4 nitrogen and oxygen atoms in total. The van der Waals surface area contributed by atoms with E-state index >= 15 is 0 Å². The third-order valence-electron chi connectivity index (χ3n) is 1.43. The predicted molar refractivity (Wildman–Crippen MR) is 44.3 cm³/mol. The van der Waals surface area contributed by atoms with Crippen LogP contribution in [0.25, 0.3) is 0 Å². The molecular formula is C7H7F2NO3S. The van der Waals surface area contributed by atoms with Crippen LogP contribution >= 0.6 is 0 Å². The van der Waals surface area contributed by atoms with Crippen molar-refractivity contribution in [3.63, 3.8) is 0 Å². The average molecular weight is 223 g/mol. The minimum absolute atomic E-state index is 0.471. The number of rotatable bonds is 3. The van der Waals surface area contributed by atoms with E-state index in [0.717, 1.165) is 18.2 Å². The van der Waals surface area contributed by atoms with Crippen molar-refractivity contribution >= 4 is 10.3 Å². The Labute approximate surface area is 79.6 Å². The first-order valence-corrected chi connectivity index (χ1v) is 4.97. The molecule has 7 heteroatoms. The van der Waals surface area contributed by atoms with Gasteiger partial charge in [-0.1, -0.05) is 6.07 Å². The number of hydrogen-bond donors (Lipinski definition) is 1. The Morgan fingerprint density at radius 3 is 2.21 bits per heavy atom. The molecule has 0 spiro atoms. The molecule has 0 atom stereocenters. The van der Waals surface area contributed by atoms with Gasteiger partial charge in [0, 0.05) is 0 Å². The van der Waals surface area contributed by atoms with Gasteiger partial charge in [0.25, 0.3) is 0 Å². The molecular weight excluding hydrogens is 216 g/mol. The summed E-state index contributed by atoms with van der Waals surface area (Å²) in [4.78, 5) is 0. The maximum atomic E-state index is 12.9. The summed E-state index contributed by atoms with van der Waals surface area (Å²) >= 11 is 0. The SMILES string of the molecule is NS(=O)(=O)OCc1c(F)cccc1F. The molecule has 1 rings (SSSR count). The minimum atomic E-state index is -4.19. The zero-order chi connectivity index (χ0) is 10.8. The fraction of sp³-hybridized carbons (Fsp3) is 0.143. The molecule has 0 amide bonds. The molecule has 0 aliphatic heterocycles. The molecule has 2 N–H and O–H groups in total. The maximum absolute atomic E-state index is 12.9. The summed E-state index contributed by atoms with van der Waals surface area (Å²) in [5, 5.41) is 4.49. The summed E-state index contributed by atoms with van der Waals surface area (Å²) in [5.41, 5.74) is -0.471. The first kappa shape index (κ1) is 11.0. The van der Waals surface area contributed by atoms with E-state index in [0.29, 0.717) is 0 Å². The molecule has 78 valence electrons. The smallest absolute Gasteiger partial charge is 0.253 e. The van der Waals surface area contributed by atoms with Crippen LogP contribution < -0.4 is 5.14 Å². The van der Waals surface area contributed by atoms with Gasteiger partial charge in [0.2, 0.25) is 0 Å². The van der Waals surface area contributed by atoms with Gasteiger partial charge in [-0.15, -0.1) is 0 Å². The van der Waals surface area contributed by atoms with Gasteiger partial charge in [-0.2, -0.15) is 8.42 Å². The molecule has 0 saturated heterocycles. The zero-order valence-corrected chi connectivity index (χ0v) is 7.72. The van der Waals surface area contributed by atoms with Crippen LogP contribution in [-0.4, -0.2) is 8.42 Å². The van der Waals surface area contributed by atoms with Gasteiger partial charge < -0.3 is 0 Å². The van der Waals surface area contributed by atoms with Crippen LogP contribution in [0, 0.1) is 11.6 Å². The van der Waals surface area contributed by atoms with Gasteiger partial charge in [-0.25, -0.2) is 13.9 Å². The molecule has 0 unspecified atom stereocenters. The number of nitrogens with two attached hydrogens (primary N) is 1. The zero-order valence-electron chi connectivity index (χ0n) is 6.91. The molecule has 0 fully saturated rings. The van der Waals surface area contributed by atoms with Gasteiger partial charge in [0.15, 0.2) is 0 Å². The lowest BCUT2D eigenvalue weighted by Crippen LogP contribution is -2.16. The van der Waals surface area contributed by atoms with Crippen molar-refractivity contribution in [2.75, 3.05) is 0 Å². The lowest BCUT2D eigenvalue weighted by atomic mass is 10.2. The topological polar surface area (TPSA) is 69.4 Å². The van der Waals surface area contributed by atoms with E-state index in [9.17, 15) is 17.2 Å². The summed E-state index contributed by atoms with van der Waals surface area (Å²) in [6.45, 7) is -0.753. The van der Waals surface area contributed by atoms with Crippen molar-refractivity contribution in [1.82, 2.24) is 0 Å². The van der Waals surface area contributed by atoms with Crippen molar-refractivity contribution in [3.05, 3.63) is 35.4 Å². The van der Waals surface area contributed by atoms with E-state index in [-0.39, 0.29) is 0 Å². The third-order valence-corrected chi connectivity index (χ3v) is 1.88. The Morgan fingerprint density at radius 2 is 1.79 bits per heavy atom. The lowest BCUT2D eigenvalue weighted by molar-refractivity contribution is 0.296. The fourth-order valence-electron chi connectivity index (χ4n) is 0.811. The molecule has 0 aromatic heterocycles. The lowest BCUT2D eigenvalue weighted by Gasteiger charge is -2.03. The molecule has 1 aromatic rings. The number of benzene rings is 1. The van der Waals surface area contributed by atoms with Crippen LogP contribution in [0.5, 0.6) is 0 Å². The van der Waals surface area contributed by atoms with E-state index in [2.05, 4.69) is 9.32 Å². The minimum Gasteiger partial charge on any atom is -0.253 e. The van der Waals surface area contributed by atoms with Gasteiger partial charge in [-0.3, -0.25) is 4.18 Å². The molecule has 0 bridgehead atoms.